The fourth-order valence-electron chi connectivity index (χ4n) is 8.08. The van der Waals surface area contributed by atoms with E-state index in [9.17, 15) is 13.2 Å². The minimum Gasteiger partial charge on any atom is -0.413 e. The van der Waals surface area contributed by atoms with Gasteiger partial charge in [0.2, 0.25) is 14.1 Å². The number of carbonyl (C=O) groups is 1. The highest BCUT2D eigenvalue weighted by Crippen LogP contribution is 2.46. The number of aromatic nitrogens is 4. The van der Waals surface area contributed by atoms with Gasteiger partial charge in [-0.2, -0.15) is 13.5 Å². The lowest BCUT2D eigenvalue weighted by Crippen LogP contribution is -2.51. The summed E-state index contributed by atoms with van der Waals surface area (Å²) in [6.45, 7) is 24.1. The zero-order valence-corrected chi connectivity index (χ0v) is 36.8. The molecule has 1 aromatic carbocycles. The second-order valence-electron chi connectivity index (χ2n) is 16.4. The summed E-state index contributed by atoms with van der Waals surface area (Å²) in [4.78, 5) is 23.0. The molecule has 288 valence electrons. The zero-order valence-electron chi connectivity index (χ0n) is 32.4. The van der Waals surface area contributed by atoms with Crippen LogP contribution in [0.4, 0.5) is 5.82 Å². The number of anilines is 1. The second kappa shape index (κ2) is 16.6. The van der Waals surface area contributed by atoms with Crippen LogP contribution in [-0.4, -0.2) is 69.3 Å². The Hall–Kier alpha value is -2.32. The monoisotopic (exact) mass is 836 g/mol. The van der Waals surface area contributed by atoms with Gasteiger partial charge in [0, 0.05) is 22.6 Å². The summed E-state index contributed by atoms with van der Waals surface area (Å²) in [5.74, 6) is -0.200. The maximum atomic E-state index is 14.3. The quantitative estimate of drug-likeness (QED) is 0.102. The molecule has 1 aliphatic rings. The Bertz CT molecular complexity index is 1790. The summed E-state index contributed by atoms with van der Waals surface area (Å²) in [6, 6.07) is 9.61. The van der Waals surface area contributed by atoms with E-state index >= 15 is 0 Å². The number of halogens is 1. The summed E-state index contributed by atoms with van der Waals surface area (Å²) in [5, 5.41) is 13.6. The fraction of sp³-hybridized carbons (Fsp3) is 0.611. The lowest BCUT2D eigenvalue weighted by Gasteiger charge is -2.45. The van der Waals surface area contributed by atoms with Crippen LogP contribution in [0.3, 0.4) is 0 Å². The number of rotatable bonds is 17. The van der Waals surface area contributed by atoms with Gasteiger partial charge in [-0.15, -0.1) is 0 Å². The molecule has 1 saturated carbocycles. The number of carbonyl (C=O) groups excluding carboxylic acids is 1. The Morgan fingerprint density at radius 3 is 2.31 bits per heavy atom. The third-order valence-electron chi connectivity index (χ3n) is 9.85. The van der Waals surface area contributed by atoms with E-state index < -0.39 is 32.5 Å². The first-order chi connectivity index (χ1) is 24.0. The van der Waals surface area contributed by atoms with E-state index in [1.807, 2.05) is 48.9 Å². The van der Waals surface area contributed by atoms with Gasteiger partial charge in [0.25, 0.3) is 0 Å². The number of hydrogen-bond donors (Lipinski definition) is 2. The fourth-order valence-corrected chi connectivity index (χ4v) is 16.2. The Labute approximate surface area is 320 Å². The molecule has 3 atom stereocenters. The lowest BCUT2D eigenvalue weighted by molar-refractivity contribution is 0.0898. The van der Waals surface area contributed by atoms with Gasteiger partial charge in [0.15, 0.2) is 8.32 Å². The van der Waals surface area contributed by atoms with E-state index in [1.165, 1.54) is 12.5 Å². The highest BCUT2D eigenvalue weighted by Gasteiger charge is 2.49. The molecule has 2 heterocycles. The number of ketones is 1. The third-order valence-corrected chi connectivity index (χ3v) is 18.1. The van der Waals surface area contributed by atoms with E-state index in [-0.39, 0.29) is 41.7 Å². The van der Waals surface area contributed by atoms with Crippen molar-refractivity contribution in [3.05, 3.63) is 69.8 Å². The van der Waals surface area contributed by atoms with Crippen LogP contribution in [0.5, 0.6) is 0 Å². The molecule has 4 rings (SSSR count). The van der Waals surface area contributed by atoms with Crippen molar-refractivity contribution in [2.24, 2.45) is 11.1 Å². The second-order valence-corrected chi connectivity index (χ2v) is 28.3. The van der Waals surface area contributed by atoms with Crippen molar-refractivity contribution in [2.45, 2.75) is 129 Å². The molecule has 0 unspecified atom stereocenters. The van der Waals surface area contributed by atoms with Crippen LogP contribution < -0.4 is 10.5 Å². The maximum Gasteiger partial charge on any atom is 0.333 e. The SMILES string of the molecule is CC(C)[Si](O[C@H]1C[C@H](Nc2ncncc2C(=O)c2cc(C(C)(C)O[Si](C)(C)C)n(Cc3cccc(Br)c3)n2)C[C@@H]1COS(N)(=O)=O)(C(C)C)C(C)C. The highest BCUT2D eigenvalue weighted by molar-refractivity contribution is 9.10. The number of nitrogens with two attached hydrogens (primary N) is 1. The predicted molar refractivity (Wildman–Crippen MR) is 214 cm³/mol. The molecular weight excluding hydrogens is 781 g/mol. The van der Waals surface area contributed by atoms with E-state index in [1.54, 1.807) is 0 Å². The molecule has 3 aromatic rings. The van der Waals surface area contributed by atoms with Crippen molar-refractivity contribution in [1.82, 2.24) is 19.7 Å². The van der Waals surface area contributed by atoms with Crippen LogP contribution >= 0.6 is 15.9 Å². The number of nitrogens with zero attached hydrogens (tertiary/aromatic N) is 4. The number of hydrogen-bond acceptors (Lipinski definition) is 10. The van der Waals surface area contributed by atoms with Crippen LogP contribution in [-0.2, 0) is 35.5 Å². The first-order valence-corrected chi connectivity index (χ1v) is 25.8. The van der Waals surface area contributed by atoms with Gasteiger partial charge in [-0.25, -0.2) is 15.1 Å². The van der Waals surface area contributed by atoms with Crippen molar-refractivity contribution in [3.63, 3.8) is 0 Å². The van der Waals surface area contributed by atoms with Gasteiger partial charge >= 0.3 is 10.3 Å². The molecule has 2 aromatic heterocycles. The van der Waals surface area contributed by atoms with E-state index in [0.717, 1.165) is 15.7 Å². The Morgan fingerprint density at radius 2 is 1.73 bits per heavy atom. The first kappa shape index (κ1) is 42.4. The summed E-state index contributed by atoms with van der Waals surface area (Å²) in [7, 11) is -8.47. The zero-order chi connectivity index (χ0) is 38.8. The summed E-state index contributed by atoms with van der Waals surface area (Å²) in [6.07, 6.45) is 3.74. The first-order valence-electron chi connectivity index (χ1n) is 18.0. The Morgan fingerprint density at radius 1 is 1.08 bits per heavy atom. The molecule has 52 heavy (non-hydrogen) atoms. The minimum atomic E-state index is -4.15. The average molecular weight is 838 g/mol. The molecule has 0 aliphatic heterocycles. The Balaban J connectivity index is 1.67. The van der Waals surface area contributed by atoms with Gasteiger partial charge in [0.1, 0.15) is 17.8 Å². The predicted octanol–water partition coefficient (Wildman–Crippen LogP) is 7.77. The highest BCUT2D eigenvalue weighted by atomic mass is 79.9. The van der Waals surface area contributed by atoms with Crippen molar-refractivity contribution in [3.8, 4) is 0 Å². The number of benzene rings is 1. The van der Waals surface area contributed by atoms with Gasteiger partial charge in [0.05, 0.1) is 36.1 Å². The third kappa shape index (κ3) is 10.5. The average Bonchev–Trinajstić information content (AvgIpc) is 3.60. The topological polar surface area (TPSA) is 161 Å². The molecule has 0 spiro atoms. The van der Waals surface area contributed by atoms with Crippen molar-refractivity contribution in [2.75, 3.05) is 11.9 Å². The molecule has 0 radical (unpaired) electrons. The maximum absolute atomic E-state index is 14.3. The summed E-state index contributed by atoms with van der Waals surface area (Å²) >= 11 is 3.56. The molecule has 0 saturated heterocycles. The normalized spacial score (nSPS) is 18.9. The molecule has 1 aliphatic carbocycles. The van der Waals surface area contributed by atoms with E-state index in [2.05, 4.69) is 92.4 Å². The number of nitrogens with one attached hydrogen (secondary N) is 1. The largest absolute Gasteiger partial charge is 0.413 e. The van der Waals surface area contributed by atoms with Gasteiger partial charge in [-0.3, -0.25) is 13.7 Å². The van der Waals surface area contributed by atoms with Gasteiger partial charge in [-0.05, 0) is 86.7 Å². The van der Waals surface area contributed by atoms with E-state index in [4.69, 9.17) is 23.3 Å². The lowest BCUT2D eigenvalue weighted by atomic mass is 10.0. The van der Waals surface area contributed by atoms with Crippen molar-refractivity contribution < 1.29 is 26.2 Å². The minimum absolute atomic E-state index is 0.0938. The smallest absolute Gasteiger partial charge is 0.333 e. The standard InChI is InChI=1S/C36H57BrN6O6SSi2/c1-23(2)52(24(3)4,25(5)6)48-32-17-29(16-27(32)21-47-50(38,45)46)41-35-30(19-39-22-40-35)34(44)31-18-33(36(7,8)49-51(9,10)11)43(42-31)20-26-13-12-14-28(37)15-26/h12-15,18-19,22-25,27,29,32H,16-17,20-21H2,1-11H3,(H2,38,45,46)(H,39,40,41)/t27-,29-,32+/m1/s1. The molecular formula is C36H57BrN6O6SSi2. The van der Waals surface area contributed by atoms with Gasteiger partial charge in [-0.1, -0.05) is 69.6 Å². The van der Waals surface area contributed by atoms with Crippen LogP contribution in [0, 0.1) is 5.92 Å². The summed E-state index contributed by atoms with van der Waals surface area (Å²) < 4.78 is 45.4. The van der Waals surface area contributed by atoms with Crippen molar-refractivity contribution in [1.29, 1.82) is 0 Å². The molecule has 3 N–H and O–H groups in total. The molecule has 1 fully saturated rings. The van der Waals surface area contributed by atoms with Crippen molar-refractivity contribution >= 4 is 54.5 Å². The van der Waals surface area contributed by atoms with Gasteiger partial charge < -0.3 is 14.2 Å². The molecule has 16 heteroatoms. The van der Waals surface area contributed by atoms with Crippen LogP contribution in [0.1, 0.15) is 95.5 Å². The summed E-state index contributed by atoms with van der Waals surface area (Å²) in [5.41, 5.74) is 2.62. The van der Waals surface area contributed by atoms with Crippen LogP contribution in [0.2, 0.25) is 36.3 Å². The molecule has 0 bridgehead atoms. The molecule has 0 amide bonds. The van der Waals surface area contributed by atoms with Crippen LogP contribution in [0.15, 0.2) is 47.3 Å². The molecule has 12 nitrogen and oxygen atoms in total. The Kier molecular flexibility index (Phi) is 13.5. The van der Waals surface area contributed by atoms with Crippen LogP contribution in [0.25, 0.3) is 0 Å². The van der Waals surface area contributed by atoms with E-state index in [0.29, 0.717) is 41.8 Å².